The highest BCUT2D eigenvalue weighted by Crippen LogP contribution is 2.30. The normalized spacial score (nSPS) is 11.9. The van der Waals surface area contributed by atoms with Gasteiger partial charge in [0.15, 0.2) is 5.65 Å². The average Bonchev–Trinajstić information content (AvgIpc) is 2.95. The van der Waals surface area contributed by atoms with Crippen LogP contribution in [0.3, 0.4) is 0 Å². The van der Waals surface area contributed by atoms with Crippen LogP contribution in [-0.4, -0.2) is 30.6 Å². The zero-order chi connectivity index (χ0) is 17.6. The van der Waals surface area contributed by atoms with Crippen molar-refractivity contribution in [1.82, 2.24) is 24.5 Å². The predicted molar refractivity (Wildman–Crippen MR) is 95.0 cm³/mol. The van der Waals surface area contributed by atoms with E-state index in [1.54, 1.807) is 4.68 Å². The number of hydrogen-bond donors (Lipinski definition) is 0. The molecule has 3 heterocycles. The molecule has 0 unspecified atom stereocenters. The summed E-state index contributed by atoms with van der Waals surface area (Å²) < 4.78 is 9.67. The highest BCUT2D eigenvalue weighted by atomic mass is 16.5. The van der Waals surface area contributed by atoms with Crippen molar-refractivity contribution in [2.24, 2.45) is 7.05 Å². The summed E-state index contributed by atoms with van der Waals surface area (Å²) in [7, 11) is 1.89. The Labute approximate surface area is 142 Å². The van der Waals surface area contributed by atoms with E-state index < -0.39 is 0 Å². The maximum atomic E-state index is 5.96. The summed E-state index contributed by atoms with van der Waals surface area (Å²) in [5.74, 6) is 0.986. The Kier molecular flexibility index (Phi) is 4.07. The molecule has 0 saturated heterocycles. The van der Waals surface area contributed by atoms with Gasteiger partial charge < -0.3 is 4.74 Å². The summed E-state index contributed by atoms with van der Waals surface area (Å²) in [4.78, 5) is 4.62. The highest BCUT2D eigenvalue weighted by Gasteiger charge is 2.20. The van der Waals surface area contributed by atoms with Gasteiger partial charge in [0.1, 0.15) is 5.69 Å². The lowest BCUT2D eigenvalue weighted by Gasteiger charge is -2.14. The maximum absolute atomic E-state index is 5.96. The number of aryl methyl sites for hydroxylation is 2. The van der Waals surface area contributed by atoms with E-state index in [2.05, 4.69) is 43.8 Å². The van der Waals surface area contributed by atoms with E-state index in [0.717, 1.165) is 22.5 Å². The first-order valence-electron chi connectivity index (χ1n) is 8.35. The molecule has 0 bridgehead atoms. The number of aromatic nitrogens is 5. The Morgan fingerprint density at radius 2 is 1.79 bits per heavy atom. The van der Waals surface area contributed by atoms with Crippen molar-refractivity contribution in [2.75, 3.05) is 0 Å². The third-order valence-electron chi connectivity index (χ3n) is 4.06. The molecule has 128 valence electrons. The van der Waals surface area contributed by atoms with Crippen molar-refractivity contribution in [2.45, 2.75) is 53.6 Å². The smallest absolute Gasteiger partial charge is 0.242 e. The van der Waals surface area contributed by atoms with Gasteiger partial charge in [-0.2, -0.15) is 15.2 Å². The molecule has 0 saturated carbocycles. The van der Waals surface area contributed by atoms with Gasteiger partial charge in [0.2, 0.25) is 5.88 Å². The number of pyridine rings is 1. The summed E-state index contributed by atoms with van der Waals surface area (Å²) in [5, 5.41) is 10.1. The fraction of sp³-hybridized carbons (Fsp3) is 0.500. The molecule has 24 heavy (non-hydrogen) atoms. The van der Waals surface area contributed by atoms with Crippen LogP contribution < -0.4 is 4.74 Å². The lowest BCUT2D eigenvalue weighted by atomic mass is 10.0. The zero-order valence-corrected chi connectivity index (χ0v) is 15.5. The van der Waals surface area contributed by atoms with Gasteiger partial charge >= 0.3 is 0 Å². The molecule has 0 radical (unpaired) electrons. The van der Waals surface area contributed by atoms with Gasteiger partial charge in [0.25, 0.3) is 0 Å². The zero-order valence-electron chi connectivity index (χ0n) is 15.5. The van der Waals surface area contributed by atoms with Crippen molar-refractivity contribution in [3.05, 3.63) is 29.2 Å². The molecule has 0 N–H and O–H groups in total. The van der Waals surface area contributed by atoms with Gasteiger partial charge in [0.05, 0.1) is 11.8 Å². The molecule has 0 spiro atoms. The molecule has 0 aliphatic carbocycles. The second-order valence-electron chi connectivity index (χ2n) is 6.85. The van der Waals surface area contributed by atoms with E-state index in [-0.39, 0.29) is 6.10 Å². The third kappa shape index (κ3) is 2.77. The highest BCUT2D eigenvalue weighted by molar-refractivity contribution is 5.78. The molecular weight excluding hydrogens is 302 g/mol. The largest absolute Gasteiger partial charge is 0.473 e. The molecule has 0 aliphatic rings. The Hall–Kier alpha value is -2.37. The predicted octanol–water partition coefficient (Wildman–Crippen LogP) is 3.68. The van der Waals surface area contributed by atoms with Crippen LogP contribution in [0, 0.1) is 13.8 Å². The molecule has 0 aromatic carbocycles. The van der Waals surface area contributed by atoms with E-state index in [9.17, 15) is 0 Å². The van der Waals surface area contributed by atoms with Crippen LogP contribution in [0.5, 0.6) is 5.88 Å². The summed E-state index contributed by atoms with van der Waals surface area (Å²) in [6, 6.07) is 2.05. The van der Waals surface area contributed by atoms with Crippen molar-refractivity contribution in [1.29, 1.82) is 0 Å². The number of hydrogen-bond acceptors (Lipinski definition) is 4. The topological polar surface area (TPSA) is 57.8 Å². The fourth-order valence-corrected chi connectivity index (χ4v) is 3.23. The number of nitrogens with zero attached hydrogens (tertiary/aromatic N) is 5. The van der Waals surface area contributed by atoms with Gasteiger partial charge in [-0.05, 0) is 45.2 Å². The lowest BCUT2D eigenvalue weighted by Crippen LogP contribution is -2.11. The van der Waals surface area contributed by atoms with Crippen molar-refractivity contribution >= 4 is 11.0 Å². The van der Waals surface area contributed by atoms with E-state index in [1.807, 2.05) is 31.8 Å². The summed E-state index contributed by atoms with van der Waals surface area (Å²) >= 11 is 0. The molecule has 3 rings (SSSR count). The molecule has 0 amide bonds. The molecule has 0 aliphatic heterocycles. The molecular formula is C18H25N5O. The number of fused-ring (bicyclic) bond motifs is 1. The minimum absolute atomic E-state index is 0.0268. The second-order valence-corrected chi connectivity index (χ2v) is 6.85. The van der Waals surface area contributed by atoms with Crippen LogP contribution >= 0.6 is 0 Å². The Bertz CT molecular complexity index is 889. The van der Waals surface area contributed by atoms with Crippen molar-refractivity contribution in [3.8, 4) is 11.6 Å². The summed E-state index contributed by atoms with van der Waals surface area (Å²) in [5.41, 5.74) is 4.99. The maximum Gasteiger partial charge on any atom is 0.242 e. The standard InChI is InChI=1S/C18H25N5O/c1-10(2)16-12(5)20-23(13(16)6)15-8-14-9-22(7)21-17(14)19-18(15)24-11(3)4/h8-11H,1-7H3. The first-order valence-corrected chi connectivity index (χ1v) is 8.35. The minimum atomic E-state index is 0.0268. The number of ether oxygens (including phenoxy) is 1. The first-order chi connectivity index (χ1) is 11.3. The summed E-state index contributed by atoms with van der Waals surface area (Å²) in [6.45, 7) is 12.5. The van der Waals surface area contributed by atoms with Crippen LogP contribution in [0.25, 0.3) is 16.7 Å². The van der Waals surface area contributed by atoms with Crippen LogP contribution in [0.2, 0.25) is 0 Å². The first kappa shape index (κ1) is 16.5. The van der Waals surface area contributed by atoms with E-state index >= 15 is 0 Å². The fourth-order valence-electron chi connectivity index (χ4n) is 3.23. The number of rotatable bonds is 4. The minimum Gasteiger partial charge on any atom is -0.473 e. The SMILES string of the molecule is Cc1nn(-c2cc3cn(C)nc3nc2OC(C)C)c(C)c1C(C)C. The average molecular weight is 327 g/mol. The molecule has 3 aromatic heterocycles. The molecule has 0 atom stereocenters. The van der Waals surface area contributed by atoms with E-state index in [1.165, 1.54) is 5.56 Å². The quantitative estimate of drug-likeness (QED) is 0.733. The Morgan fingerprint density at radius 1 is 1.08 bits per heavy atom. The van der Waals surface area contributed by atoms with E-state index in [0.29, 0.717) is 17.4 Å². The molecule has 6 heteroatoms. The van der Waals surface area contributed by atoms with Crippen LogP contribution in [0.4, 0.5) is 0 Å². The van der Waals surface area contributed by atoms with E-state index in [4.69, 9.17) is 9.84 Å². The third-order valence-corrected chi connectivity index (χ3v) is 4.06. The Morgan fingerprint density at radius 3 is 2.38 bits per heavy atom. The molecule has 3 aromatic rings. The molecule has 0 fully saturated rings. The van der Waals surface area contributed by atoms with Crippen molar-refractivity contribution < 1.29 is 4.74 Å². The lowest BCUT2D eigenvalue weighted by molar-refractivity contribution is 0.232. The van der Waals surface area contributed by atoms with Gasteiger partial charge in [-0.1, -0.05) is 13.8 Å². The second kappa shape index (κ2) is 5.92. The van der Waals surface area contributed by atoms with Gasteiger partial charge in [-0.3, -0.25) is 4.68 Å². The van der Waals surface area contributed by atoms with Gasteiger partial charge in [0, 0.05) is 24.3 Å². The van der Waals surface area contributed by atoms with Crippen molar-refractivity contribution in [3.63, 3.8) is 0 Å². The van der Waals surface area contributed by atoms with Gasteiger partial charge in [-0.15, -0.1) is 0 Å². The van der Waals surface area contributed by atoms with Crippen LogP contribution in [0.15, 0.2) is 12.3 Å². The summed E-state index contributed by atoms with van der Waals surface area (Å²) in [6.07, 6.45) is 1.99. The Balaban J connectivity index is 2.25. The van der Waals surface area contributed by atoms with Crippen LogP contribution in [0.1, 0.15) is 50.6 Å². The van der Waals surface area contributed by atoms with Gasteiger partial charge in [-0.25, -0.2) is 4.68 Å². The van der Waals surface area contributed by atoms with Crippen LogP contribution in [-0.2, 0) is 7.05 Å². The monoisotopic (exact) mass is 327 g/mol. The molecule has 6 nitrogen and oxygen atoms in total.